The predicted molar refractivity (Wildman–Crippen MR) is 72.4 cm³/mol. The topological polar surface area (TPSA) is 20.2 Å². The summed E-state index contributed by atoms with van der Waals surface area (Å²) in [5.74, 6) is 0. The number of rotatable bonds is 3. The van der Waals surface area contributed by atoms with Crippen LogP contribution in [0.4, 0.5) is 0 Å². The minimum atomic E-state index is -0.757. The molecule has 0 aliphatic carbocycles. The SMILES string of the molecule is CC(C)(C)CCC(C)(O)c1ccccc1Br. The van der Waals surface area contributed by atoms with Gasteiger partial charge in [0.1, 0.15) is 0 Å². The third kappa shape index (κ3) is 3.91. The average Bonchev–Trinajstić information content (AvgIpc) is 2.14. The van der Waals surface area contributed by atoms with Crippen molar-refractivity contribution in [1.29, 1.82) is 0 Å². The Hall–Kier alpha value is -0.340. The fourth-order valence-corrected chi connectivity index (χ4v) is 2.36. The first kappa shape index (κ1) is 13.7. The van der Waals surface area contributed by atoms with Crippen molar-refractivity contribution in [1.82, 2.24) is 0 Å². The van der Waals surface area contributed by atoms with Crippen LogP contribution in [0.5, 0.6) is 0 Å². The number of benzene rings is 1. The third-order valence-corrected chi connectivity index (χ3v) is 3.51. The Morgan fingerprint density at radius 1 is 1.06 bits per heavy atom. The van der Waals surface area contributed by atoms with E-state index >= 15 is 0 Å². The monoisotopic (exact) mass is 284 g/mol. The van der Waals surface area contributed by atoms with Gasteiger partial charge in [0.15, 0.2) is 0 Å². The fourth-order valence-electron chi connectivity index (χ4n) is 1.65. The Bertz CT molecular complexity index is 350. The maximum atomic E-state index is 10.5. The van der Waals surface area contributed by atoms with E-state index in [0.717, 1.165) is 22.9 Å². The van der Waals surface area contributed by atoms with E-state index in [4.69, 9.17) is 0 Å². The van der Waals surface area contributed by atoms with E-state index in [0.29, 0.717) is 0 Å². The Balaban J connectivity index is 2.82. The van der Waals surface area contributed by atoms with Crippen LogP contribution in [0.15, 0.2) is 28.7 Å². The van der Waals surface area contributed by atoms with Crippen molar-refractivity contribution in [3.8, 4) is 0 Å². The first-order chi connectivity index (χ1) is 7.22. The molecule has 1 aromatic rings. The van der Waals surface area contributed by atoms with Gasteiger partial charge in [0.2, 0.25) is 0 Å². The molecule has 0 saturated carbocycles. The van der Waals surface area contributed by atoms with Gasteiger partial charge in [-0.3, -0.25) is 0 Å². The van der Waals surface area contributed by atoms with E-state index in [1.165, 1.54) is 0 Å². The molecule has 0 radical (unpaired) electrons. The van der Waals surface area contributed by atoms with Crippen LogP contribution in [-0.2, 0) is 5.60 Å². The highest BCUT2D eigenvalue weighted by Gasteiger charge is 2.27. The number of halogens is 1. The summed E-state index contributed by atoms with van der Waals surface area (Å²) in [4.78, 5) is 0. The lowest BCUT2D eigenvalue weighted by Gasteiger charge is -2.29. The summed E-state index contributed by atoms with van der Waals surface area (Å²) < 4.78 is 0.980. The van der Waals surface area contributed by atoms with E-state index in [1.807, 2.05) is 31.2 Å². The molecule has 0 bridgehead atoms. The smallest absolute Gasteiger partial charge is 0.0879 e. The maximum Gasteiger partial charge on any atom is 0.0879 e. The van der Waals surface area contributed by atoms with Gasteiger partial charge in [0.05, 0.1) is 5.60 Å². The molecule has 1 N–H and O–H groups in total. The second-order valence-electron chi connectivity index (χ2n) is 5.81. The van der Waals surface area contributed by atoms with Gasteiger partial charge in [-0.05, 0) is 36.8 Å². The van der Waals surface area contributed by atoms with Gasteiger partial charge in [-0.15, -0.1) is 0 Å². The summed E-state index contributed by atoms with van der Waals surface area (Å²) in [5.41, 5.74) is 0.470. The number of aliphatic hydroxyl groups is 1. The molecule has 16 heavy (non-hydrogen) atoms. The van der Waals surface area contributed by atoms with Crippen molar-refractivity contribution < 1.29 is 5.11 Å². The normalized spacial score (nSPS) is 15.9. The minimum Gasteiger partial charge on any atom is -0.385 e. The molecule has 0 spiro atoms. The van der Waals surface area contributed by atoms with Crippen molar-refractivity contribution in [3.63, 3.8) is 0 Å². The zero-order valence-electron chi connectivity index (χ0n) is 10.5. The minimum absolute atomic E-state index is 0.255. The quantitative estimate of drug-likeness (QED) is 0.868. The van der Waals surface area contributed by atoms with Crippen molar-refractivity contribution in [3.05, 3.63) is 34.3 Å². The van der Waals surface area contributed by atoms with Crippen molar-refractivity contribution >= 4 is 15.9 Å². The summed E-state index contributed by atoms with van der Waals surface area (Å²) in [5, 5.41) is 10.5. The second-order valence-corrected chi connectivity index (χ2v) is 6.67. The van der Waals surface area contributed by atoms with Gasteiger partial charge in [-0.25, -0.2) is 0 Å². The van der Waals surface area contributed by atoms with E-state index in [2.05, 4.69) is 36.7 Å². The van der Waals surface area contributed by atoms with Crippen LogP contribution >= 0.6 is 15.9 Å². The molecule has 90 valence electrons. The van der Waals surface area contributed by atoms with Gasteiger partial charge in [-0.1, -0.05) is 54.9 Å². The molecule has 1 atom stereocenters. The lowest BCUT2D eigenvalue weighted by molar-refractivity contribution is 0.0351. The van der Waals surface area contributed by atoms with E-state index in [1.54, 1.807) is 0 Å². The van der Waals surface area contributed by atoms with Gasteiger partial charge < -0.3 is 5.11 Å². The summed E-state index contributed by atoms with van der Waals surface area (Å²) in [7, 11) is 0. The Labute approximate surface area is 107 Å². The Morgan fingerprint density at radius 3 is 2.12 bits per heavy atom. The van der Waals surface area contributed by atoms with Crippen LogP contribution < -0.4 is 0 Å². The highest BCUT2D eigenvalue weighted by atomic mass is 79.9. The summed E-state index contributed by atoms with van der Waals surface area (Å²) >= 11 is 3.49. The molecule has 0 saturated heterocycles. The highest BCUT2D eigenvalue weighted by Crippen LogP contribution is 2.35. The number of hydrogen-bond acceptors (Lipinski definition) is 1. The van der Waals surface area contributed by atoms with Crippen molar-refractivity contribution in [2.75, 3.05) is 0 Å². The standard InChI is InChI=1S/C14H21BrO/c1-13(2,3)9-10-14(4,16)11-7-5-6-8-12(11)15/h5-8,16H,9-10H2,1-4H3. The van der Waals surface area contributed by atoms with E-state index < -0.39 is 5.60 Å². The summed E-state index contributed by atoms with van der Waals surface area (Å²) in [6.45, 7) is 8.48. The molecule has 0 aromatic heterocycles. The fraction of sp³-hybridized carbons (Fsp3) is 0.571. The molecular weight excluding hydrogens is 264 g/mol. The molecule has 0 aliphatic heterocycles. The highest BCUT2D eigenvalue weighted by molar-refractivity contribution is 9.10. The first-order valence-corrected chi connectivity index (χ1v) is 6.49. The van der Waals surface area contributed by atoms with Crippen LogP contribution in [0.2, 0.25) is 0 Å². The molecule has 1 unspecified atom stereocenters. The molecule has 0 aliphatic rings. The second kappa shape index (κ2) is 4.89. The molecule has 1 nitrogen and oxygen atoms in total. The lowest BCUT2D eigenvalue weighted by atomic mass is 9.82. The molecular formula is C14H21BrO. The molecule has 1 rings (SSSR count). The zero-order valence-corrected chi connectivity index (χ0v) is 12.1. The molecule has 0 heterocycles. The maximum absolute atomic E-state index is 10.5. The van der Waals surface area contributed by atoms with Crippen LogP contribution in [0.25, 0.3) is 0 Å². The lowest BCUT2D eigenvalue weighted by Crippen LogP contribution is -2.24. The van der Waals surface area contributed by atoms with Gasteiger partial charge in [0, 0.05) is 4.47 Å². The largest absolute Gasteiger partial charge is 0.385 e. The molecule has 0 fully saturated rings. The van der Waals surface area contributed by atoms with Crippen LogP contribution in [-0.4, -0.2) is 5.11 Å². The predicted octanol–water partition coefficient (Wildman–Crippen LogP) is 4.48. The van der Waals surface area contributed by atoms with Crippen molar-refractivity contribution in [2.24, 2.45) is 5.41 Å². The zero-order chi connectivity index (χ0) is 12.4. The van der Waals surface area contributed by atoms with Crippen LogP contribution in [0, 0.1) is 5.41 Å². The van der Waals surface area contributed by atoms with E-state index in [-0.39, 0.29) is 5.41 Å². The summed E-state index contributed by atoms with van der Waals surface area (Å²) in [6.07, 6.45) is 1.78. The summed E-state index contributed by atoms with van der Waals surface area (Å²) in [6, 6.07) is 7.88. The van der Waals surface area contributed by atoms with Gasteiger partial charge >= 0.3 is 0 Å². The number of hydrogen-bond donors (Lipinski definition) is 1. The Morgan fingerprint density at radius 2 is 1.62 bits per heavy atom. The molecule has 1 aromatic carbocycles. The molecule has 0 amide bonds. The Kier molecular flexibility index (Phi) is 4.19. The van der Waals surface area contributed by atoms with Crippen LogP contribution in [0.1, 0.15) is 46.1 Å². The van der Waals surface area contributed by atoms with Gasteiger partial charge in [-0.2, -0.15) is 0 Å². The third-order valence-electron chi connectivity index (χ3n) is 2.82. The van der Waals surface area contributed by atoms with Gasteiger partial charge in [0.25, 0.3) is 0 Å². The average molecular weight is 285 g/mol. The van der Waals surface area contributed by atoms with Crippen LogP contribution in [0.3, 0.4) is 0 Å². The molecule has 2 heteroatoms. The van der Waals surface area contributed by atoms with Crippen molar-refractivity contribution in [2.45, 2.75) is 46.1 Å². The first-order valence-electron chi connectivity index (χ1n) is 5.70. The van der Waals surface area contributed by atoms with E-state index in [9.17, 15) is 5.11 Å².